The van der Waals surface area contributed by atoms with E-state index in [0.717, 1.165) is 22.6 Å². The highest BCUT2D eigenvalue weighted by Crippen LogP contribution is 2.30. The Balaban J connectivity index is 1.62. The molecule has 0 unspecified atom stereocenters. The van der Waals surface area contributed by atoms with Gasteiger partial charge in [-0.2, -0.15) is 15.5 Å². The summed E-state index contributed by atoms with van der Waals surface area (Å²) in [5.74, 6) is 0.212. The van der Waals surface area contributed by atoms with E-state index in [1.165, 1.54) is 12.1 Å². The topological polar surface area (TPSA) is 79.5 Å². The van der Waals surface area contributed by atoms with Crippen molar-refractivity contribution in [1.29, 1.82) is 5.26 Å². The smallest absolute Gasteiger partial charge is 0.129 e. The highest BCUT2D eigenvalue weighted by atomic mass is 19.1. The minimum Gasteiger partial charge on any atom is -0.488 e. The average molecular weight is 387 g/mol. The van der Waals surface area contributed by atoms with Gasteiger partial charge in [0.15, 0.2) is 0 Å². The van der Waals surface area contributed by atoms with Crippen LogP contribution in [-0.2, 0) is 6.61 Å². The van der Waals surface area contributed by atoms with Crippen molar-refractivity contribution in [3.05, 3.63) is 83.1 Å². The van der Waals surface area contributed by atoms with E-state index in [2.05, 4.69) is 21.4 Å². The van der Waals surface area contributed by atoms with Crippen LogP contribution in [0.25, 0.3) is 16.9 Å². The molecular weight excluding hydrogens is 369 g/mol. The molecule has 0 radical (unpaired) electrons. The maximum absolute atomic E-state index is 13.8. The number of benzene rings is 2. The molecular formula is C22H18FN5O. The first-order valence-corrected chi connectivity index (χ1v) is 9.04. The summed E-state index contributed by atoms with van der Waals surface area (Å²) in [4.78, 5) is 0. The number of halogens is 1. The predicted molar refractivity (Wildman–Crippen MR) is 106 cm³/mol. The quantitative estimate of drug-likeness (QED) is 0.548. The number of aryl methyl sites for hydroxylation is 1. The Bertz CT molecular complexity index is 1190. The minimum absolute atomic E-state index is 0.292. The van der Waals surface area contributed by atoms with Gasteiger partial charge in [0.05, 0.1) is 28.7 Å². The van der Waals surface area contributed by atoms with Crippen LogP contribution in [0.1, 0.15) is 22.5 Å². The Morgan fingerprint density at radius 3 is 2.62 bits per heavy atom. The molecule has 2 aromatic heterocycles. The van der Waals surface area contributed by atoms with Crippen molar-refractivity contribution in [1.82, 2.24) is 20.0 Å². The van der Waals surface area contributed by atoms with Crippen LogP contribution in [0.4, 0.5) is 4.39 Å². The zero-order valence-corrected chi connectivity index (χ0v) is 16.0. The van der Waals surface area contributed by atoms with Crippen LogP contribution in [0, 0.1) is 31.0 Å². The van der Waals surface area contributed by atoms with Gasteiger partial charge in [-0.15, -0.1) is 0 Å². The second-order valence-electron chi connectivity index (χ2n) is 6.62. The van der Waals surface area contributed by atoms with Crippen LogP contribution in [0.5, 0.6) is 5.75 Å². The Morgan fingerprint density at radius 1 is 1.14 bits per heavy atom. The number of hydrogen-bond acceptors (Lipinski definition) is 4. The largest absolute Gasteiger partial charge is 0.488 e. The molecule has 0 saturated carbocycles. The monoisotopic (exact) mass is 387 g/mol. The van der Waals surface area contributed by atoms with Gasteiger partial charge in [-0.1, -0.05) is 0 Å². The maximum Gasteiger partial charge on any atom is 0.129 e. The second-order valence-corrected chi connectivity index (χ2v) is 6.62. The Hall–Kier alpha value is -3.92. The lowest BCUT2D eigenvalue weighted by Gasteiger charge is -2.11. The molecule has 6 nitrogen and oxygen atoms in total. The van der Waals surface area contributed by atoms with Crippen LogP contribution >= 0.6 is 0 Å². The van der Waals surface area contributed by atoms with Gasteiger partial charge in [-0.05, 0) is 62.4 Å². The third-order valence-electron chi connectivity index (χ3n) is 4.79. The Kier molecular flexibility index (Phi) is 4.83. The van der Waals surface area contributed by atoms with Crippen LogP contribution in [0.3, 0.4) is 0 Å². The third kappa shape index (κ3) is 3.60. The third-order valence-corrected chi connectivity index (χ3v) is 4.79. The fraction of sp³-hybridized carbons (Fsp3) is 0.136. The molecule has 0 fully saturated rings. The molecule has 0 aliphatic carbocycles. The summed E-state index contributed by atoms with van der Waals surface area (Å²) >= 11 is 0. The molecule has 0 bridgehead atoms. The first-order valence-electron chi connectivity index (χ1n) is 9.04. The normalized spacial score (nSPS) is 10.7. The Labute approximate surface area is 167 Å². The molecule has 4 rings (SSSR count). The predicted octanol–water partition coefficient (Wildman–Crippen LogP) is 4.47. The molecule has 0 atom stereocenters. The van der Waals surface area contributed by atoms with E-state index >= 15 is 0 Å². The number of nitriles is 1. The molecule has 144 valence electrons. The lowest BCUT2D eigenvalue weighted by atomic mass is 10.1. The standard InChI is InChI=1S/C22H18FN5O/c1-14-20(15(2)28(27-14)18-6-3-16(12-24)4-7-18)13-29-22-8-5-17(23)11-19(22)21-9-10-25-26-21/h3-11H,13H2,1-2H3,(H,25,26). The van der Waals surface area contributed by atoms with Gasteiger partial charge < -0.3 is 4.74 Å². The van der Waals surface area contributed by atoms with E-state index in [4.69, 9.17) is 10.00 Å². The fourth-order valence-corrected chi connectivity index (χ4v) is 3.21. The molecule has 2 aromatic carbocycles. The second kappa shape index (κ2) is 7.60. The number of H-pyrrole nitrogens is 1. The first kappa shape index (κ1) is 18.4. The number of ether oxygens (including phenoxy) is 1. The average Bonchev–Trinajstić information content (AvgIpc) is 3.36. The molecule has 0 spiro atoms. The summed E-state index contributed by atoms with van der Waals surface area (Å²) in [5, 5.41) is 20.4. The van der Waals surface area contributed by atoms with Gasteiger partial charge in [0, 0.05) is 23.0 Å². The number of nitrogens with one attached hydrogen (secondary N) is 1. The van der Waals surface area contributed by atoms with Crippen molar-refractivity contribution in [2.75, 3.05) is 0 Å². The summed E-state index contributed by atoms with van der Waals surface area (Å²) < 4.78 is 21.6. The summed E-state index contributed by atoms with van der Waals surface area (Å²) in [7, 11) is 0. The van der Waals surface area contributed by atoms with Crippen molar-refractivity contribution in [2.45, 2.75) is 20.5 Å². The zero-order chi connectivity index (χ0) is 20.4. The first-order chi connectivity index (χ1) is 14.1. The van der Waals surface area contributed by atoms with Crippen molar-refractivity contribution < 1.29 is 9.13 Å². The van der Waals surface area contributed by atoms with E-state index < -0.39 is 0 Å². The van der Waals surface area contributed by atoms with E-state index in [1.807, 2.05) is 30.7 Å². The fourth-order valence-electron chi connectivity index (χ4n) is 3.21. The lowest BCUT2D eigenvalue weighted by molar-refractivity contribution is 0.305. The van der Waals surface area contributed by atoms with Gasteiger partial charge in [0.1, 0.15) is 18.2 Å². The Morgan fingerprint density at radius 2 is 1.93 bits per heavy atom. The highest BCUT2D eigenvalue weighted by Gasteiger charge is 2.15. The van der Waals surface area contributed by atoms with Gasteiger partial charge >= 0.3 is 0 Å². The van der Waals surface area contributed by atoms with Crippen LogP contribution < -0.4 is 4.74 Å². The van der Waals surface area contributed by atoms with Gasteiger partial charge in [-0.3, -0.25) is 5.10 Å². The summed E-state index contributed by atoms with van der Waals surface area (Å²) in [6.07, 6.45) is 1.61. The lowest BCUT2D eigenvalue weighted by Crippen LogP contribution is -2.02. The number of nitrogens with zero attached hydrogens (tertiary/aromatic N) is 4. The van der Waals surface area contributed by atoms with E-state index in [0.29, 0.717) is 29.2 Å². The highest BCUT2D eigenvalue weighted by molar-refractivity contribution is 5.66. The number of hydrogen-bond donors (Lipinski definition) is 1. The SMILES string of the molecule is Cc1nn(-c2ccc(C#N)cc2)c(C)c1COc1ccc(F)cc1-c1ccn[nH]1. The molecule has 7 heteroatoms. The van der Waals surface area contributed by atoms with Gasteiger partial charge in [0.25, 0.3) is 0 Å². The number of aromatic nitrogens is 4. The molecule has 29 heavy (non-hydrogen) atoms. The summed E-state index contributed by atoms with van der Waals surface area (Å²) in [6.45, 7) is 4.18. The maximum atomic E-state index is 13.8. The van der Waals surface area contributed by atoms with Crippen molar-refractivity contribution in [2.24, 2.45) is 0 Å². The van der Waals surface area contributed by atoms with Gasteiger partial charge in [0.2, 0.25) is 0 Å². The van der Waals surface area contributed by atoms with Crippen molar-refractivity contribution in [3.63, 3.8) is 0 Å². The molecule has 1 N–H and O–H groups in total. The van der Waals surface area contributed by atoms with Crippen LogP contribution in [0.15, 0.2) is 54.7 Å². The van der Waals surface area contributed by atoms with Crippen molar-refractivity contribution >= 4 is 0 Å². The zero-order valence-electron chi connectivity index (χ0n) is 16.0. The van der Waals surface area contributed by atoms with Crippen LogP contribution in [0.2, 0.25) is 0 Å². The molecule has 0 saturated heterocycles. The molecule has 0 aliphatic rings. The van der Waals surface area contributed by atoms with E-state index in [9.17, 15) is 4.39 Å². The van der Waals surface area contributed by atoms with E-state index in [1.54, 1.807) is 30.5 Å². The molecule has 2 heterocycles. The summed E-state index contributed by atoms with van der Waals surface area (Å²) in [5.41, 5.74) is 5.50. The number of aromatic amines is 1. The molecule has 0 aliphatic heterocycles. The van der Waals surface area contributed by atoms with Crippen LogP contribution in [-0.4, -0.2) is 20.0 Å². The number of rotatable bonds is 5. The van der Waals surface area contributed by atoms with Crippen molar-refractivity contribution in [3.8, 4) is 28.8 Å². The van der Waals surface area contributed by atoms with E-state index in [-0.39, 0.29) is 5.82 Å². The summed E-state index contributed by atoms with van der Waals surface area (Å²) in [6, 6.07) is 15.5. The molecule has 0 amide bonds. The van der Waals surface area contributed by atoms with Gasteiger partial charge in [-0.25, -0.2) is 9.07 Å². The minimum atomic E-state index is -0.344. The molecule has 4 aromatic rings.